The molecule has 0 bridgehead atoms. The van der Waals surface area contributed by atoms with E-state index in [2.05, 4.69) is 20.9 Å². The Morgan fingerprint density at radius 1 is 0.841 bits per heavy atom. The number of aromatic nitrogens is 2. The number of nitrogens with one attached hydrogen (secondary N) is 2. The van der Waals surface area contributed by atoms with Crippen LogP contribution >= 0.6 is 0 Å². The maximum absolute atomic E-state index is 12.3. The molecule has 3 atom stereocenters. The maximum atomic E-state index is 12.3. The number of hydroxylamine groups is 1. The highest BCUT2D eigenvalue weighted by atomic mass is 16.7. The molecule has 0 saturated carbocycles. The van der Waals surface area contributed by atoms with Gasteiger partial charge in [-0.15, -0.1) is 0 Å². The Bertz CT molecular complexity index is 1500. The average molecular weight is 601 g/mol. The van der Waals surface area contributed by atoms with Gasteiger partial charge in [0.25, 0.3) is 0 Å². The van der Waals surface area contributed by atoms with Crippen LogP contribution in [-0.4, -0.2) is 37.8 Å². The fourth-order valence-electron chi connectivity index (χ4n) is 5.47. The molecule has 1 aliphatic heterocycles. The molecule has 2 heterocycles. The number of carbonyl (C=O) groups excluding carboxylic acids is 2. The molecule has 44 heavy (non-hydrogen) atoms. The monoisotopic (exact) mass is 600 g/mol. The van der Waals surface area contributed by atoms with Gasteiger partial charge < -0.3 is 24.5 Å². The van der Waals surface area contributed by atoms with Crippen molar-refractivity contribution < 1.29 is 29.4 Å². The van der Waals surface area contributed by atoms with Gasteiger partial charge in [0.15, 0.2) is 6.29 Å². The van der Waals surface area contributed by atoms with Gasteiger partial charge in [-0.1, -0.05) is 73.5 Å². The number of aliphatic hydroxyl groups excluding tert-OH is 1. The Balaban J connectivity index is 1.18. The molecule has 1 saturated heterocycles. The van der Waals surface area contributed by atoms with E-state index < -0.39 is 6.29 Å². The third kappa shape index (κ3) is 8.51. The normalized spacial score (nSPS) is 18.3. The molecule has 2 amide bonds. The molecule has 4 aromatic rings. The van der Waals surface area contributed by atoms with Crippen molar-refractivity contribution in [2.45, 2.75) is 83.1 Å². The number of carbonyl (C=O) groups is 2. The molecule has 232 valence electrons. The van der Waals surface area contributed by atoms with Crippen LogP contribution in [0, 0.1) is 0 Å². The highest BCUT2D eigenvalue weighted by Gasteiger charge is 2.32. The van der Waals surface area contributed by atoms with E-state index in [9.17, 15) is 14.7 Å². The lowest BCUT2D eigenvalue weighted by atomic mass is 9.99. The molecule has 10 nitrogen and oxygen atoms in total. The number of ether oxygens (including phenoxy) is 2. The molecule has 0 radical (unpaired) electrons. The zero-order valence-corrected chi connectivity index (χ0v) is 24.7. The summed E-state index contributed by atoms with van der Waals surface area (Å²) in [6.45, 7) is 1.06. The summed E-state index contributed by atoms with van der Waals surface area (Å²) >= 11 is 0. The lowest BCUT2D eigenvalue weighted by molar-refractivity contribution is -0.252. The van der Waals surface area contributed by atoms with E-state index in [1.807, 2.05) is 73.1 Å². The third-order valence-corrected chi connectivity index (χ3v) is 7.97. The van der Waals surface area contributed by atoms with E-state index in [1.165, 1.54) is 0 Å². The summed E-state index contributed by atoms with van der Waals surface area (Å²) in [6, 6.07) is 23.8. The minimum atomic E-state index is -0.571. The lowest BCUT2D eigenvalue weighted by Crippen LogP contribution is -2.32. The lowest BCUT2D eigenvalue weighted by Gasteiger charge is -2.36. The SMILES string of the molecule is O=C(CCCCCCC(=O)NCc1ccc(C2OC(Cn3cnc4ccccc43)CC(c3ccc(CO)cc3)O2)cc1)NO. The van der Waals surface area contributed by atoms with Gasteiger partial charge in [-0.05, 0) is 41.7 Å². The third-order valence-electron chi connectivity index (χ3n) is 7.97. The summed E-state index contributed by atoms with van der Waals surface area (Å²) in [5, 5.41) is 21.0. The van der Waals surface area contributed by atoms with E-state index in [0.29, 0.717) is 32.4 Å². The first-order valence-corrected chi connectivity index (χ1v) is 15.2. The number of benzene rings is 3. The van der Waals surface area contributed by atoms with E-state index in [1.54, 1.807) is 5.48 Å². The Hall–Kier alpha value is -4.09. The van der Waals surface area contributed by atoms with Gasteiger partial charge in [0, 0.05) is 31.4 Å². The van der Waals surface area contributed by atoms with Crippen LogP contribution < -0.4 is 10.8 Å². The number of para-hydroxylation sites is 2. The van der Waals surface area contributed by atoms with Gasteiger partial charge in [0.2, 0.25) is 11.8 Å². The fourth-order valence-corrected chi connectivity index (χ4v) is 5.47. The predicted molar refractivity (Wildman–Crippen MR) is 164 cm³/mol. The summed E-state index contributed by atoms with van der Waals surface area (Å²) in [7, 11) is 0. The Labute approximate surface area is 257 Å². The van der Waals surface area contributed by atoms with Crippen molar-refractivity contribution in [3.05, 3.63) is 101 Å². The van der Waals surface area contributed by atoms with E-state index in [4.69, 9.17) is 14.7 Å². The van der Waals surface area contributed by atoms with Gasteiger partial charge in [-0.3, -0.25) is 14.8 Å². The standard InChI is InChI=1S/C34H40N4O6/c39-22-25-13-15-26(16-14-25)31-19-28(21-38-23-36-29-7-5-6-8-30(29)38)43-34(44-31)27-17-11-24(12-18-27)20-35-32(40)9-3-1-2-4-10-33(41)37-42/h5-8,11-18,23,28,31,34,39,42H,1-4,9-10,19-22H2,(H,35,40)(H,37,41). The molecule has 4 N–H and O–H groups in total. The highest BCUT2D eigenvalue weighted by Crippen LogP contribution is 2.38. The molecule has 1 fully saturated rings. The van der Waals surface area contributed by atoms with Crippen LogP contribution in [0.25, 0.3) is 11.0 Å². The topological polar surface area (TPSA) is 135 Å². The van der Waals surface area contributed by atoms with Gasteiger partial charge in [-0.2, -0.15) is 0 Å². The van der Waals surface area contributed by atoms with Crippen LogP contribution in [0.4, 0.5) is 0 Å². The zero-order chi connectivity index (χ0) is 30.7. The minimum Gasteiger partial charge on any atom is -0.392 e. The highest BCUT2D eigenvalue weighted by molar-refractivity contribution is 5.76. The van der Waals surface area contributed by atoms with Crippen molar-refractivity contribution in [3.8, 4) is 0 Å². The second kappa shape index (κ2) is 15.6. The Morgan fingerprint density at radius 2 is 1.52 bits per heavy atom. The van der Waals surface area contributed by atoms with Crippen LogP contribution in [0.15, 0.2) is 79.1 Å². The number of fused-ring (bicyclic) bond motifs is 1. The van der Waals surface area contributed by atoms with Gasteiger partial charge in [0.1, 0.15) is 0 Å². The summed E-state index contributed by atoms with van der Waals surface area (Å²) in [6.07, 6.45) is 5.49. The smallest absolute Gasteiger partial charge is 0.243 e. The molecule has 0 spiro atoms. The van der Waals surface area contributed by atoms with Crippen LogP contribution in [0.5, 0.6) is 0 Å². The average Bonchev–Trinajstić information content (AvgIpc) is 3.47. The van der Waals surface area contributed by atoms with Gasteiger partial charge in [-0.25, -0.2) is 10.5 Å². The molecular weight excluding hydrogens is 560 g/mol. The molecule has 1 aromatic heterocycles. The Morgan fingerprint density at radius 3 is 2.25 bits per heavy atom. The van der Waals surface area contributed by atoms with Crippen molar-refractivity contribution >= 4 is 22.8 Å². The number of hydrogen-bond donors (Lipinski definition) is 4. The summed E-state index contributed by atoms with van der Waals surface area (Å²) in [5.74, 6) is -0.391. The molecule has 0 aliphatic carbocycles. The van der Waals surface area contributed by atoms with Gasteiger partial charge in [0.05, 0.1) is 42.7 Å². The number of amides is 2. The number of unbranched alkanes of at least 4 members (excludes halogenated alkanes) is 3. The first-order chi connectivity index (χ1) is 21.5. The fraction of sp³-hybridized carbons (Fsp3) is 0.382. The van der Waals surface area contributed by atoms with E-state index in [0.717, 1.165) is 52.5 Å². The van der Waals surface area contributed by atoms with Crippen LogP contribution in [0.3, 0.4) is 0 Å². The van der Waals surface area contributed by atoms with Crippen molar-refractivity contribution in [1.29, 1.82) is 0 Å². The second-order valence-corrected chi connectivity index (χ2v) is 11.2. The second-order valence-electron chi connectivity index (χ2n) is 11.2. The van der Waals surface area contributed by atoms with Crippen LogP contribution in [-0.2, 0) is 38.8 Å². The predicted octanol–water partition coefficient (Wildman–Crippen LogP) is 5.24. The van der Waals surface area contributed by atoms with Crippen molar-refractivity contribution in [1.82, 2.24) is 20.3 Å². The summed E-state index contributed by atoms with van der Waals surface area (Å²) < 4.78 is 15.1. The summed E-state index contributed by atoms with van der Waals surface area (Å²) in [4.78, 5) is 27.9. The number of imidazole rings is 1. The summed E-state index contributed by atoms with van der Waals surface area (Å²) in [5.41, 5.74) is 7.39. The van der Waals surface area contributed by atoms with Crippen molar-refractivity contribution in [3.63, 3.8) is 0 Å². The number of nitrogens with zero attached hydrogens (tertiary/aromatic N) is 2. The molecule has 3 unspecified atom stereocenters. The van der Waals surface area contributed by atoms with Crippen molar-refractivity contribution in [2.75, 3.05) is 0 Å². The first kappa shape index (κ1) is 31.3. The van der Waals surface area contributed by atoms with Gasteiger partial charge >= 0.3 is 0 Å². The molecule has 3 aromatic carbocycles. The largest absolute Gasteiger partial charge is 0.392 e. The molecule has 10 heteroatoms. The number of rotatable bonds is 14. The number of aliphatic hydroxyl groups is 1. The van der Waals surface area contributed by atoms with Crippen LogP contribution in [0.2, 0.25) is 0 Å². The number of hydrogen-bond acceptors (Lipinski definition) is 7. The van der Waals surface area contributed by atoms with E-state index >= 15 is 0 Å². The van der Waals surface area contributed by atoms with Crippen molar-refractivity contribution in [2.24, 2.45) is 0 Å². The maximum Gasteiger partial charge on any atom is 0.243 e. The quantitative estimate of drug-likeness (QED) is 0.0884. The molecule has 5 rings (SSSR count). The molecule has 1 aliphatic rings. The minimum absolute atomic E-state index is 0.00589. The zero-order valence-electron chi connectivity index (χ0n) is 24.7. The Kier molecular flexibility index (Phi) is 11.1. The first-order valence-electron chi connectivity index (χ1n) is 15.2. The van der Waals surface area contributed by atoms with Crippen LogP contribution in [0.1, 0.15) is 79.6 Å². The molecular formula is C34H40N4O6. The van der Waals surface area contributed by atoms with E-state index in [-0.39, 0.29) is 37.0 Å².